The number of amides is 1. The van der Waals surface area contributed by atoms with Crippen LogP contribution in [0.2, 0.25) is 0 Å². The second-order valence-corrected chi connectivity index (χ2v) is 7.13. The molecule has 1 aliphatic rings. The van der Waals surface area contributed by atoms with Gasteiger partial charge in [-0.05, 0) is 24.3 Å². The third-order valence-corrected chi connectivity index (χ3v) is 4.93. The number of piperidine rings is 1. The zero-order valence-electron chi connectivity index (χ0n) is 15.5. The Kier molecular flexibility index (Phi) is 5.93. The van der Waals surface area contributed by atoms with E-state index in [-0.39, 0.29) is 18.4 Å². The lowest BCUT2D eigenvalue weighted by Gasteiger charge is -2.31. The average molecular weight is 357 g/mol. The van der Waals surface area contributed by atoms with Crippen molar-refractivity contribution >= 4 is 11.8 Å². The summed E-state index contributed by atoms with van der Waals surface area (Å²) in [6.45, 7) is 6.18. The van der Waals surface area contributed by atoms with Crippen LogP contribution in [-0.4, -0.2) is 35.7 Å². The first-order valence-electron chi connectivity index (χ1n) is 9.20. The predicted octanol–water partition coefficient (Wildman–Crippen LogP) is 3.30. The summed E-state index contributed by atoms with van der Waals surface area (Å²) in [6.07, 6.45) is 1.74. The second-order valence-electron chi connectivity index (χ2n) is 7.13. The Bertz CT molecular complexity index is 719. The summed E-state index contributed by atoms with van der Waals surface area (Å²) < 4.78 is 10.8. The molecule has 2 N–H and O–H groups in total. The monoisotopic (exact) mass is 357 g/mol. The van der Waals surface area contributed by atoms with E-state index in [1.54, 1.807) is 0 Å². The van der Waals surface area contributed by atoms with Crippen molar-refractivity contribution in [3.8, 4) is 0 Å². The number of ether oxygens (including phenoxy) is 1. The van der Waals surface area contributed by atoms with Crippen molar-refractivity contribution in [2.24, 2.45) is 0 Å². The van der Waals surface area contributed by atoms with Gasteiger partial charge < -0.3 is 19.9 Å². The highest BCUT2D eigenvalue weighted by Gasteiger charge is 2.29. The molecule has 26 heavy (non-hydrogen) atoms. The number of anilines is 1. The molecule has 0 spiro atoms. The quantitative estimate of drug-likeness (QED) is 0.858. The summed E-state index contributed by atoms with van der Waals surface area (Å²) in [4.78, 5) is 14.2. The number of hydrogen-bond donors (Lipinski definition) is 1. The van der Waals surface area contributed by atoms with Crippen LogP contribution in [0, 0.1) is 0 Å². The van der Waals surface area contributed by atoms with E-state index in [0.717, 1.165) is 29.7 Å². The Morgan fingerprint density at radius 1 is 1.31 bits per heavy atom. The Balaban J connectivity index is 1.48. The Morgan fingerprint density at radius 2 is 2.00 bits per heavy atom. The zero-order valence-corrected chi connectivity index (χ0v) is 15.5. The molecule has 0 saturated carbocycles. The van der Waals surface area contributed by atoms with Crippen LogP contribution in [0.4, 0.5) is 5.88 Å². The normalized spacial score (nSPS) is 15.6. The van der Waals surface area contributed by atoms with Crippen LogP contribution >= 0.6 is 0 Å². The van der Waals surface area contributed by atoms with E-state index in [0.29, 0.717) is 31.5 Å². The second kappa shape index (κ2) is 8.36. The third kappa shape index (κ3) is 4.25. The van der Waals surface area contributed by atoms with Crippen LogP contribution in [0.3, 0.4) is 0 Å². The van der Waals surface area contributed by atoms with Crippen LogP contribution in [0.25, 0.3) is 0 Å². The molecule has 0 bridgehead atoms. The standard InChI is InChI=1S/C20H27N3O3/c1-14(2)18-19(22-26-20(18)21)16-8-10-23(11-9-16)17(24)13-25-12-15-6-4-3-5-7-15/h3-7,14,16H,8-13,21H2,1-2H3. The van der Waals surface area contributed by atoms with Gasteiger partial charge in [-0.25, -0.2) is 0 Å². The lowest BCUT2D eigenvalue weighted by molar-refractivity contribution is -0.137. The topological polar surface area (TPSA) is 81.6 Å². The smallest absolute Gasteiger partial charge is 0.248 e. The Morgan fingerprint density at radius 3 is 2.65 bits per heavy atom. The number of benzene rings is 1. The van der Waals surface area contributed by atoms with E-state index in [1.807, 2.05) is 35.2 Å². The van der Waals surface area contributed by atoms with Crippen LogP contribution in [0.1, 0.15) is 55.3 Å². The number of nitrogen functional groups attached to an aromatic ring is 1. The number of carbonyl (C=O) groups excluding carboxylic acids is 1. The van der Waals surface area contributed by atoms with E-state index >= 15 is 0 Å². The lowest BCUT2D eigenvalue weighted by Crippen LogP contribution is -2.40. The van der Waals surface area contributed by atoms with Gasteiger partial charge in [0, 0.05) is 24.6 Å². The molecule has 1 fully saturated rings. The molecule has 1 aromatic heterocycles. The van der Waals surface area contributed by atoms with Gasteiger partial charge in [-0.15, -0.1) is 0 Å². The highest BCUT2D eigenvalue weighted by molar-refractivity contribution is 5.77. The molecule has 0 unspecified atom stereocenters. The number of carbonyl (C=O) groups is 1. The maximum Gasteiger partial charge on any atom is 0.248 e. The third-order valence-electron chi connectivity index (χ3n) is 4.93. The first-order valence-corrected chi connectivity index (χ1v) is 9.20. The van der Waals surface area contributed by atoms with Gasteiger partial charge >= 0.3 is 0 Å². The van der Waals surface area contributed by atoms with Gasteiger partial charge in [0.05, 0.1) is 12.3 Å². The highest BCUT2D eigenvalue weighted by atomic mass is 16.5. The molecule has 0 aliphatic carbocycles. The molecular weight excluding hydrogens is 330 g/mol. The summed E-state index contributed by atoms with van der Waals surface area (Å²) in [5.41, 5.74) is 8.97. The fourth-order valence-electron chi connectivity index (χ4n) is 3.52. The summed E-state index contributed by atoms with van der Waals surface area (Å²) in [5.74, 6) is 1.04. The van der Waals surface area contributed by atoms with Gasteiger partial charge in [-0.3, -0.25) is 4.79 Å². The molecular formula is C20H27N3O3. The predicted molar refractivity (Wildman–Crippen MR) is 99.7 cm³/mol. The van der Waals surface area contributed by atoms with Gasteiger partial charge in [0.15, 0.2) is 0 Å². The summed E-state index contributed by atoms with van der Waals surface area (Å²) >= 11 is 0. The summed E-state index contributed by atoms with van der Waals surface area (Å²) in [7, 11) is 0. The Labute approximate surface area is 154 Å². The Hall–Kier alpha value is -2.34. The van der Waals surface area contributed by atoms with Crippen molar-refractivity contribution in [3.63, 3.8) is 0 Å². The zero-order chi connectivity index (χ0) is 18.5. The number of likely N-dealkylation sites (tertiary alicyclic amines) is 1. The summed E-state index contributed by atoms with van der Waals surface area (Å²) in [6, 6.07) is 9.88. The van der Waals surface area contributed by atoms with E-state index in [2.05, 4.69) is 19.0 Å². The minimum absolute atomic E-state index is 0.0446. The van der Waals surface area contributed by atoms with Crippen molar-refractivity contribution in [3.05, 3.63) is 47.2 Å². The van der Waals surface area contributed by atoms with Gasteiger partial charge in [0.2, 0.25) is 11.8 Å². The number of aromatic nitrogens is 1. The minimum Gasteiger partial charge on any atom is -0.367 e. The van der Waals surface area contributed by atoms with Crippen LogP contribution < -0.4 is 5.73 Å². The molecule has 1 saturated heterocycles. The van der Waals surface area contributed by atoms with Crippen molar-refractivity contribution in [2.45, 2.75) is 45.1 Å². The van der Waals surface area contributed by atoms with Crippen molar-refractivity contribution in [1.29, 1.82) is 0 Å². The van der Waals surface area contributed by atoms with Gasteiger partial charge in [0.1, 0.15) is 6.61 Å². The van der Waals surface area contributed by atoms with E-state index in [9.17, 15) is 4.79 Å². The number of hydrogen-bond acceptors (Lipinski definition) is 5. The van der Waals surface area contributed by atoms with Crippen molar-refractivity contribution in [2.75, 3.05) is 25.4 Å². The summed E-state index contributed by atoms with van der Waals surface area (Å²) in [5, 5.41) is 4.19. The van der Waals surface area contributed by atoms with Crippen molar-refractivity contribution < 1.29 is 14.1 Å². The first kappa shape index (κ1) is 18.5. The van der Waals surface area contributed by atoms with Gasteiger partial charge in [-0.1, -0.05) is 49.3 Å². The van der Waals surface area contributed by atoms with E-state index in [4.69, 9.17) is 15.0 Å². The minimum atomic E-state index is 0.0446. The number of rotatable bonds is 6. The lowest BCUT2D eigenvalue weighted by atomic mass is 9.88. The average Bonchev–Trinajstić information content (AvgIpc) is 3.04. The number of nitrogens with two attached hydrogens (primary N) is 1. The molecule has 1 amide bonds. The maximum atomic E-state index is 12.4. The molecule has 0 radical (unpaired) electrons. The molecule has 1 aromatic carbocycles. The van der Waals surface area contributed by atoms with Crippen LogP contribution in [0.15, 0.2) is 34.9 Å². The molecule has 0 atom stereocenters. The fraction of sp³-hybridized carbons (Fsp3) is 0.500. The molecule has 140 valence electrons. The fourth-order valence-corrected chi connectivity index (χ4v) is 3.52. The SMILES string of the molecule is CC(C)c1c(C2CCN(C(=O)COCc3ccccc3)CC2)noc1N. The van der Waals surface area contributed by atoms with Gasteiger partial charge in [-0.2, -0.15) is 0 Å². The molecule has 1 aliphatic heterocycles. The van der Waals surface area contributed by atoms with E-state index in [1.165, 1.54) is 0 Å². The largest absolute Gasteiger partial charge is 0.367 e. The molecule has 2 aromatic rings. The van der Waals surface area contributed by atoms with Crippen LogP contribution in [0.5, 0.6) is 0 Å². The van der Waals surface area contributed by atoms with Crippen molar-refractivity contribution in [1.82, 2.24) is 10.1 Å². The van der Waals surface area contributed by atoms with E-state index < -0.39 is 0 Å². The van der Waals surface area contributed by atoms with Crippen LogP contribution in [-0.2, 0) is 16.1 Å². The number of nitrogens with zero attached hydrogens (tertiary/aromatic N) is 2. The molecule has 3 rings (SSSR count). The van der Waals surface area contributed by atoms with Gasteiger partial charge in [0.25, 0.3) is 0 Å². The maximum absolute atomic E-state index is 12.4. The molecule has 6 nitrogen and oxygen atoms in total. The highest BCUT2D eigenvalue weighted by Crippen LogP contribution is 2.35. The first-order chi connectivity index (χ1) is 12.6. The molecule has 6 heteroatoms. The molecule has 2 heterocycles.